The zero-order valence-electron chi connectivity index (χ0n) is 16.9. The molecule has 1 aromatic rings. The lowest BCUT2D eigenvalue weighted by Crippen LogP contribution is -2.46. The fraction of sp³-hybridized carbons (Fsp3) is 0.682. The summed E-state index contributed by atoms with van der Waals surface area (Å²) in [5, 5.41) is 9.49. The first-order valence-electron chi connectivity index (χ1n) is 11.1. The molecule has 1 saturated heterocycles. The number of hydrazone groups is 1. The summed E-state index contributed by atoms with van der Waals surface area (Å²) in [5.74, 6) is 1.39. The molecule has 1 N–H and O–H groups in total. The second-order valence-corrected chi connectivity index (χ2v) is 8.45. The molecule has 0 radical (unpaired) electrons. The van der Waals surface area contributed by atoms with Crippen LogP contribution in [-0.4, -0.2) is 54.2 Å². The van der Waals surface area contributed by atoms with Gasteiger partial charge in [-0.15, -0.1) is 0 Å². The van der Waals surface area contributed by atoms with Gasteiger partial charge in [-0.3, -0.25) is 4.79 Å². The van der Waals surface area contributed by atoms with Crippen molar-refractivity contribution in [2.24, 2.45) is 11.0 Å². The van der Waals surface area contributed by atoms with E-state index in [2.05, 4.69) is 20.3 Å². The minimum atomic E-state index is 0.0109. The van der Waals surface area contributed by atoms with Crippen LogP contribution in [0, 0.1) is 5.92 Å². The molecular weight excluding hydrogens is 350 g/mol. The average Bonchev–Trinajstić information content (AvgIpc) is 3.15. The van der Waals surface area contributed by atoms with E-state index in [0.29, 0.717) is 11.5 Å². The lowest BCUT2D eigenvalue weighted by molar-refractivity contribution is 0.0885. The summed E-state index contributed by atoms with van der Waals surface area (Å²) in [5.41, 5.74) is 0.644. The van der Waals surface area contributed by atoms with Gasteiger partial charge in [0.15, 0.2) is 0 Å². The second-order valence-electron chi connectivity index (χ2n) is 8.45. The van der Waals surface area contributed by atoms with E-state index in [-0.39, 0.29) is 11.9 Å². The molecule has 0 bridgehead atoms. The van der Waals surface area contributed by atoms with Gasteiger partial charge in [0.1, 0.15) is 5.82 Å². The molecule has 6 nitrogen and oxygen atoms in total. The van der Waals surface area contributed by atoms with E-state index in [1.54, 1.807) is 6.20 Å². The smallest absolute Gasteiger partial charge is 0.253 e. The summed E-state index contributed by atoms with van der Waals surface area (Å²) >= 11 is 0. The molecule has 2 atom stereocenters. The normalized spacial score (nSPS) is 26.2. The predicted octanol–water partition coefficient (Wildman–Crippen LogP) is 3.44. The fourth-order valence-corrected chi connectivity index (χ4v) is 4.76. The standard InChI is InChI=1S/C22H33N5O/c28-22(18-10-11-21(23-16-18)27-15-7-12-24-27)25-20-9-4-3-8-19(20)17-26-13-5-1-2-6-14-26/h10-12,16,19-20H,1-9,13-15,17H2,(H,25,28)/t19-,20+/m1/s1. The molecule has 0 unspecified atom stereocenters. The van der Waals surface area contributed by atoms with Crippen LogP contribution in [0.5, 0.6) is 0 Å². The van der Waals surface area contributed by atoms with E-state index in [1.807, 2.05) is 23.4 Å². The first kappa shape index (κ1) is 19.4. The Morgan fingerprint density at radius 3 is 2.57 bits per heavy atom. The summed E-state index contributed by atoms with van der Waals surface area (Å²) in [7, 11) is 0. The number of hydrogen-bond donors (Lipinski definition) is 1. The first-order valence-corrected chi connectivity index (χ1v) is 11.1. The first-order chi connectivity index (χ1) is 13.8. The highest BCUT2D eigenvalue weighted by Gasteiger charge is 2.28. The maximum atomic E-state index is 12.8. The number of rotatable bonds is 5. The molecular formula is C22H33N5O. The number of pyridine rings is 1. The number of nitrogens with one attached hydrogen (secondary N) is 1. The van der Waals surface area contributed by atoms with Gasteiger partial charge in [0, 0.05) is 38.0 Å². The summed E-state index contributed by atoms with van der Waals surface area (Å²) in [6.07, 6.45) is 14.7. The molecule has 2 aliphatic heterocycles. The molecule has 0 aromatic carbocycles. The lowest BCUT2D eigenvalue weighted by atomic mass is 9.84. The summed E-state index contributed by atoms with van der Waals surface area (Å²) < 4.78 is 0. The molecule has 1 amide bonds. The third-order valence-electron chi connectivity index (χ3n) is 6.38. The van der Waals surface area contributed by atoms with E-state index in [4.69, 9.17) is 0 Å². The number of anilines is 1. The van der Waals surface area contributed by atoms with Crippen LogP contribution in [0.1, 0.15) is 68.1 Å². The van der Waals surface area contributed by atoms with Crippen LogP contribution >= 0.6 is 0 Å². The number of carbonyl (C=O) groups is 1. The summed E-state index contributed by atoms with van der Waals surface area (Å²) in [6.45, 7) is 4.44. The largest absolute Gasteiger partial charge is 0.349 e. The van der Waals surface area contributed by atoms with Crippen LogP contribution < -0.4 is 10.3 Å². The zero-order chi connectivity index (χ0) is 19.2. The Labute approximate surface area is 168 Å². The maximum Gasteiger partial charge on any atom is 0.253 e. The molecule has 152 valence electrons. The van der Waals surface area contributed by atoms with Gasteiger partial charge in [-0.05, 0) is 56.8 Å². The molecule has 3 aliphatic rings. The van der Waals surface area contributed by atoms with E-state index < -0.39 is 0 Å². The molecule has 28 heavy (non-hydrogen) atoms. The highest BCUT2D eigenvalue weighted by atomic mass is 16.1. The Bertz CT molecular complexity index is 666. The topological polar surface area (TPSA) is 60.8 Å². The Hall–Kier alpha value is -1.95. The van der Waals surface area contributed by atoms with Crippen LogP contribution in [0.4, 0.5) is 5.82 Å². The lowest BCUT2D eigenvalue weighted by Gasteiger charge is -2.35. The van der Waals surface area contributed by atoms with Crippen molar-refractivity contribution in [3.63, 3.8) is 0 Å². The van der Waals surface area contributed by atoms with Crippen molar-refractivity contribution in [2.45, 2.75) is 63.8 Å². The van der Waals surface area contributed by atoms with Crippen molar-refractivity contribution >= 4 is 17.9 Å². The summed E-state index contributed by atoms with van der Waals surface area (Å²) in [4.78, 5) is 19.9. The van der Waals surface area contributed by atoms with Gasteiger partial charge in [-0.1, -0.05) is 25.7 Å². The van der Waals surface area contributed by atoms with Gasteiger partial charge in [-0.2, -0.15) is 5.10 Å². The van der Waals surface area contributed by atoms with Crippen molar-refractivity contribution in [1.82, 2.24) is 15.2 Å². The molecule has 2 fully saturated rings. The molecule has 0 spiro atoms. The fourth-order valence-electron chi connectivity index (χ4n) is 4.76. The van der Waals surface area contributed by atoms with Gasteiger partial charge < -0.3 is 10.2 Å². The number of likely N-dealkylation sites (tertiary alicyclic amines) is 1. The maximum absolute atomic E-state index is 12.8. The van der Waals surface area contributed by atoms with Crippen molar-refractivity contribution in [2.75, 3.05) is 31.2 Å². The minimum Gasteiger partial charge on any atom is -0.349 e. The molecule has 3 heterocycles. The highest BCUT2D eigenvalue weighted by Crippen LogP contribution is 2.27. The van der Waals surface area contributed by atoms with Crippen LogP contribution in [-0.2, 0) is 0 Å². The Kier molecular flexibility index (Phi) is 6.57. The Morgan fingerprint density at radius 2 is 1.86 bits per heavy atom. The predicted molar refractivity (Wildman–Crippen MR) is 113 cm³/mol. The zero-order valence-corrected chi connectivity index (χ0v) is 16.9. The average molecular weight is 384 g/mol. The highest BCUT2D eigenvalue weighted by molar-refractivity contribution is 5.94. The van der Waals surface area contributed by atoms with Crippen LogP contribution in [0.2, 0.25) is 0 Å². The number of nitrogens with zero attached hydrogens (tertiary/aromatic N) is 4. The van der Waals surface area contributed by atoms with Crippen LogP contribution in [0.25, 0.3) is 0 Å². The number of amides is 1. The van der Waals surface area contributed by atoms with Crippen molar-refractivity contribution < 1.29 is 4.79 Å². The van der Waals surface area contributed by atoms with Crippen molar-refractivity contribution in [3.05, 3.63) is 23.9 Å². The van der Waals surface area contributed by atoms with Crippen molar-refractivity contribution in [3.8, 4) is 0 Å². The van der Waals surface area contributed by atoms with Gasteiger partial charge in [0.25, 0.3) is 5.91 Å². The Balaban J connectivity index is 1.35. The number of carbonyl (C=O) groups excluding carboxylic acids is 1. The molecule has 1 saturated carbocycles. The molecule has 1 aliphatic carbocycles. The summed E-state index contributed by atoms with van der Waals surface area (Å²) in [6, 6.07) is 4.05. The van der Waals surface area contributed by atoms with Gasteiger partial charge in [0.05, 0.1) is 5.56 Å². The second kappa shape index (κ2) is 9.50. The quantitative estimate of drug-likeness (QED) is 0.846. The van der Waals surface area contributed by atoms with E-state index in [9.17, 15) is 4.79 Å². The SMILES string of the molecule is O=C(N[C@H]1CCCC[C@@H]1CN1CCCCCC1)c1ccc(N2CCC=N2)nc1. The van der Waals surface area contributed by atoms with E-state index in [0.717, 1.165) is 31.7 Å². The van der Waals surface area contributed by atoms with Gasteiger partial charge >= 0.3 is 0 Å². The molecule has 6 heteroatoms. The minimum absolute atomic E-state index is 0.0109. The number of hydrogen-bond acceptors (Lipinski definition) is 5. The van der Waals surface area contributed by atoms with Crippen molar-refractivity contribution in [1.29, 1.82) is 0 Å². The Morgan fingerprint density at radius 1 is 1.04 bits per heavy atom. The monoisotopic (exact) mass is 383 g/mol. The van der Waals surface area contributed by atoms with Crippen LogP contribution in [0.15, 0.2) is 23.4 Å². The third-order valence-corrected chi connectivity index (χ3v) is 6.38. The third kappa shape index (κ3) is 4.90. The van der Waals surface area contributed by atoms with E-state index in [1.165, 1.54) is 58.0 Å². The number of aromatic nitrogens is 1. The van der Waals surface area contributed by atoms with Crippen LogP contribution in [0.3, 0.4) is 0 Å². The molecule has 4 rings (SSSR count). The van der Waals surface area contributed by atoms with Gasteiger partial charge in [0.2, 0.25) is 0 Å². The van der Waals surface area contributed by atoms with Gasteiger partial charge in [-0.25, -0.2) is 9.99 Å². The van der Waals surface area contributed by atoms with E-state index >= 15 is 0 Å². The molecule has 1 aromatic heterocycles.